The van der Waals surface area contributed by atoms with Crippen molar-refractivity contribution < 1.29 is 14.3 Å². The van der Waals surface area contributed by atoms with E-state index in [-0.39, 0.29) is 23.5 Å². The summed E-state index contributed by atoms with van der Waals surface area (Å²) in [5.74, 6) is -0.225. The lowest BCUT2D eigenvalue weighted by atomic mass is 10.0. The summed E-state index contributed by atoms with van der Waals surface area (Å²) in [6.45, 7) is 5.24. The number of nitrogens with zero attached hydrogens (tertiary/aromatic N) is 3. The molecule has 0 aliphatic carbocycles. The molecule has 1 aliphatic heterocycles. The molecule has 0 radical (unpaired) electrons. The average molecular weight is 467 g/mol. The standard InChI is InChI=1S/C25H24ClFN4O2/c1-2-19(32)13-17-12-16(6-8-21(17)27)24-20(26)15-28-25(30-24)29-18-7-9-23(33)22(14-18)31-10-4-3-5-11-31/h2,6-9,12,14-15,33H,1,3-5,10-11,13H2,(H,28,29,30). The van der Waals surface area contributed by atoms with Crippen molar-refractivity contribution in [1.29, 1.82) is 0 Å². The molecule has 0 spiro atoms. The first-order valence-electron chi connectivity index (χ1n) is 10.8. The molecule has 1 aromatic heterocycles. The third-order valence-electron chi connectivity index (χ3n) is 5.58. The first-order chi connectivity index (χ1) is 15.9. The largest absolute Gasteiger partial charge is 0.506 e. The highest BCUT2D eigenvalue weighted by molar-refractivity contribution is 6.32. The lowest BCUT2D eigenvalue weighted by Crippen LogP contribution is -2.29. The van der Waals surface area contributed by atoms with Crippen LogP contribution in [-0.4, -0.2) is 33.9 Å². The Morgan fingerprint density at radius 3 is 2.76 bits per heavy atom. The van der Waals surface area contributed by atoms with E-state index in [4.69, 9.17) is 11.6 Å². The second-order valence-electron chi connectivity index (χ2n) is 7.92. The maximum absolute atomic E-state index is 14.2. The number of piperidine rings is 1. The summed E-state index contributed by atoms with van der Waals surface area (Å²) in [6, 6.07) is 9.67. The van der Waals surface area contributed by atoms with Crippen LogP contribution in [0, 0.1) is 5.82 Å². The van der Waals surface area contributed by atoms with Gasteiger partial charge in [-0.1, -0.05) is 18.2 Å². The van der Waals surface area contributed by atoms with Gasteiger partial charge in [0.2, 0.25) is 5.95 Å². The highest BCUT2D eigenvalue weighted by atomic mass is 35.5. The van der Waals surface area contributed by atoms with Crippen LogP contribution in [0.1, 0.15) is 24.8 Å². The van der Waals surface area contributed by atoms with Crippen LogP contribution in [0.2, 0.25) is 5.02 Å². The lowest BCUT2D eigenvalue weighted by molar-refractivity contribution is -0.114. The smallest absolute Gasteiger partial charge is 0.227 e. The number of phenols is 1. The van der Waals surface area contributed by atoms with Gasteiger partial charge in [-0.05, 0) is 67.3 Å². The van der Waals surface area contributed by atoms with E-state index in [1.807, 2.05) is 6.07 Å². The number of ketones is 1. The quantitative estimate of drug-likeness (QED) is 0.345. The Labute approximate surface area is 196 Å². The molecule has 0 unspecified atom stereocenters. The van der Waals surface area contributed by atoms with Crippen molar-refractivity contribution >= 4 is 34.7 Å². The minimum absolute atomic E-state index is 0.0935. The SMILES string of the molecule is C=CC(=O)Cc1cc(-c2nc(Nc3ccc(O)c(N4CCCCC4)c3)ncc2Cl)ccc1F. The van der Waals surface area contributed by atoms with Crippen molar-refractivity contribution in [1.82, 2.24) is 9.97 Å². The van der Waals surface area contributed by atoms with Crippen molar-refractivity contribution in [2.75, 3.05) is 23.3 Å². The van der Waals surface area contributed by atoms with Crippen LogP contribution in [-0.2, 0) is 11.2 Å². The van der Waals surface area contributed by atoms with Gasteiger partial charge in [-0.3, -0.25) is 4.79 Å². The first-order valence-corrected chi connectivity index (χ1v) is 11.1. The van der Waals surface area contributed by atoms with Gasteiger partial charge >= 0.3 is 0 Å². The molecule has 1 fully saturated rings. The van der Waals surface area contributed by atoms with E-state index in [0.717, 1.165) is 37.3 Å². The maximum Gasteiger partial charge on any atom is 0.227 e. The fourth-order valence-electron chi connectivity index (χ4n) is 3.87. The van der Waals surface area contributed by atoms with Crippen molar-refractivity contribution in [2.45, 2.75) is 25.7 Å². The molecule has 33 heavy (non-hydrogen) atoms. The normalized spacial score (nSPS) is 13.6. The molecular formula is C25H24ClFN4O2. The van der Waals surface area contributed by atoms with E-state index in [1.165, 1.54) is 24.8 Å². The van der Waals surface area contributed by atoms with Crippen LogP contribution in [0.5, 0.6) is 5.75 Å². The predicted molar refractivity (Wildman–Crippen MR) is 129 cm³/mol. The van der Waals surface area contributed by atoms with Gasteiger partial charge in [-0.15, -0.1) is 0 Å². The number of phenolic OH excluding ortho intramolecular Hbond substituents is 1. The van der Waals surface area contributed by atoms with Crippen molar-refractivity contribution in [3.63, 3.8) is 0 Å². The molecule has 6 nitrogen and oxygen atoms in total. The Hall–Kier alpha value is -3.45. The molecule has 2 N–H and O–H groups in total. The molecular weight excluding hydrogens is 443 g/mol. The molecule has 2 heterocycles. The predicted octanol–water partition coefficient (Wildman–Crippen LogP) is 5.67. The van der Waals surface area contributed by atoms with E-state index in [1.54, 1.807) is 24.3 Å². The minimum atomic E-state index is -0.480. The minimum Gasteiger partial charge on any atom is -0.506 e. The van der Waals surface area contributed by atoms with E-state index in [9.17, 15) is 14.3 Å². The van der Waals surface area contributed by atoms with Crippen molar-refractivity contribution in [3.05, 3.63) is 71.7 Å². The molecule has 2 aromatic carbocycles. The molecule has 1 aliphatic rings. The Balaban J connectivity index is 1.61. The second kappa shape index (κ2) is 10.0. The number of carbonyl (C=O) groups is 1. The molecule has 0 bridgehead atoms. The number of halogens is 2. The van der Waals surface area contributed by atoms with Gasteiger partial charge in [0.1, 0.15) is 11.6 Å². The number of aromatic hydroxyl groups is 1. The zero-order valence-corrected chi connectivity index (χ0v) is 18.8. The van der Waals surface area contributed by atoms with Gasteiger partial charge in [0.05, 0.1) is 22.6 Å². The van der Waals surface area contributed by atoms with Gasteiger partial charge in [-0.2, -0.15) is 0 Å². The fourth-order valence-corrected chi connectivity index (χ4v) is 4.07. The zero-order valence-electron chi connectivity index (χ0n) is 18.0. The van der Waals surface area contributed by atoms with Crippen molar-refractivity contribution in [3.8, 4) is 17.0 Å². The molecule has 0 amide bonds. The number of benzene rings is 2. The van der Waals surface area contributed by atoms with Gasteiger partial charge in [-0.25, -0.2) is 14.4 Å². The third-order valence-corrected chi connectivity index (χ3v) is 5.86. The summed E-state index contributed by atoms with van der Waals surface area (Å²) in [4.78, 5) is 22.6. The van der Waals surface area contributed by atoms with Crippen LogP contribution in [0.3, 0.4) is 0 Å². The van der Waals surface area contributed by atoms with E-state index in [0.29, 0.717) is 22.2 Å². The Bertz CT molecular complexity index is 1200. The van der Waals surface area contributed by atoms with Crippen LogP contribution in [0.15, 0.2) is 55.3 Å². The molecule has 1 saturated heterocycles. The van der Waals surface area contributed by atoms with E-state index < -0.39 is 5.82 Å². The van der Waals surface area contributed by atoms with Gasteiger partial charge in [0.15, 0.2) is 5.78 Å². The van der Waals surface area contributed by atoms with Crippen LogP contribution in [0.25, 0.3) is 11.3 Å². The number of anilines is 3. The first kappa shape index (κ1) is 22.7. The monoisotopic (exact) mass is 466 g/mol. The lowest BCUT2D eigenvalue weighted by Gasteiger charge is -2.29. The molecule has 8 heteroatoms. The molecule has 3 aromatic rings. The highest BCUT2D eigenvalue weighted by Crippen LogP contribution is 2.34. The summed E-state index contributed by atoms with van der Waals surface area (Å²) >= 11 is 6.34. The summed E-state index contributed by atoms with van der Waals surface area (Å²) in [7, 11) is 0. The Kier molecular flexibility index (Phi) is 6.89. The van der Waals surface area contributed by atoms with Crippen LogP contribution < -0.4 is 10.2 Å². The number of hydrogen-bond donors (Lipinski definition) is 2. The number of rotatable bonds is 7. The summed E-state index contributed by atoms with van der Waals surface area (Å²) in [6.07, 6.45) is 5.93. The second-order valence-corrected chi connectivity index (χ2v) is 8.33. The third kappa shape index (κ3) is 5.31. The number of nitrogens with one attached hydrogen (secondary N) is 1. The molecule has 0 atom stereocenters. The van der Waals surface area contributed by atoms with Gasteiger partial charge in [0, 0.05) is 30.8 Å². The topological polar surface area (TPSA) is 78.3 Å². The van der Waals surface area contributed by atoms with Crippen LogP contribution in [0.4, 0.5) is 21.7 Å². The van der Waals surface area contributed by atoms with E-state index >= 15 is 0 Å². The summed E-state index contributed by atoms with van der Waals surface area (Å²) in [5.41, 5.74) is 2.71. The number of aromatic nitrogens is 2. The molecule has 4 rings (SSSR count). The van der Waals surface area contributed by atoms with Gasteiger partial charge in [0.25, 0.3) is 0 Å². The highest BCUT2D eigenvalue weighted by Gasteiger charge is 2.16. The zero-order chi connectivity index (χ0) is 23.4. The number of allylic oxidation sites excluding steroid dienone is 1. The average Bonchev–Trinajstić information content (AvgIpc) is 2.83. The van der Waals surface area contributed by atoms with Crippen LogP contribution >= 0.6 is 11.6 Å². The Morgan fingerprint density at radius 1 is 1.21 bits per heavy atom. The number of hydrogen-bond acceptors (Lipinski definition) is 6. The maximum atomic E-state index is 14.2. The van der Waals surface area contributed by atoms with E-state index in [2.05, 4.69) is 26.8 Å². The van der Waals surface area contributed by atoms with Gasteiger partial charge < -0.3 is 15.3 Å². The number of carbonyl (C=O) groups excluding carboxylic acids is 1. The Morgan fingerprint density at radius 2 is 2.00 bits per heavy atom. The van der Waals surface area contributed by atoms with Crippen molar-refractivity contribution in [2.24, 2.45) is 0 Å². The molecule has 170 valence electrons. The fraction of sp³-hybridized carbons (Fsp3) is 0.240. The summed E-state index contributed by atoms with van der Waals surface area (Å²) in [5, 5.41) is 13.8. The summed E-state index contributed by atoms with van der Waals surface area (Å²) < 4.78 is 14.2. The molecule has 0 saturated carbocycles.